The number of rotatable bonds is 4. The first-order valence-corrected chi connectivity index (χ1v) is 9.30. The summed E-state index contributed by atoms with van der Waals surface area (Å²) in [6, 6.07) is 2.81. The number of anilines is 2. The molecule has 12 heteroatoms. The van der Waals surface area contributed by atoms with Gasteiger partial charge < -0.3 is 10.4 Å². The molecule has 2 fully saturated rings. The van der Waals surface area contributed by atoms with Gasteiger partial charge in [-0.05, 0) is 43.2 Å². The molecule has 0 saturated heterocycles. The lowest BCUT2D eigenvalue weighted by molar-refractivity contribution is -0.278. The highest BCUT2D eigenvalue weighted by Gasteiger charge is 2.72. The van der Waals surface area contributed by atoms with Crippen LogP contribution in [0.3, 0.4) is 0 Å². The number of nitrogens with one attached hydrogen (secondary N) is 2. The Bertz CT molecular complexity index is 990. The third-order valence-electron chi connectivity index (χ3n) is 6.06. The maximum Gasteiger partial charge on any atom is 0.410 e. The van der Waals surface area contributed by atoms with Crippen molar-refractivity contribution < 1.29 is 27.9 Å². The van der Waals surface area contributed by atoms with Crippen LogP contribution < -0.4 is 10.6 Å². The lowest BCUT2D eigenvalue weighted by Gasteiger charge is -2.60. The smallest absolute Gasteiger partial charge is 0.410 e. The first kappa shape index (κ1) is 20.1. The van der Waals surface area contributed by atoms with Crippen LogP contribution in [-0.4, -0.2) is 43.3 Å². The maximum absolute atomic E-state index is 13.7. The number of hydrogen-bond donors (Lipinski definition) is 3. The van der Waals surface area contributed by atoms with Gasteiger partial charge in [0.2, 0.25) is 5.91 Å². The summed E-state index contributed by atoms with van der Waals surface area (Å²) in [5.41, 5.74) is -2.20. The van der Waals surface area contributed by atoms with E-state index in [-0.39, 0.29) is 41.1 Å². The molecular weight excluding hydrogens is 405 g/mol. The first-order chi connectivity index (χ1) is 14.1. The van der Waals surface area contributed by atoms with Gasteiger partial charge in [0.15, 0.2) is 11.5 Å². The second-order valence-corrected chi connectivity index (χ2v) is 8.01. The molecule has 160 valence electrons. The summed E-state index contributed by atoms with van der Waals surface area (Å²) in [5, 5.41) is 21.0. The molecule has 2 aromatic rings. The van der Waals surface area contributed by atoms with E-state index in [1.54, 1.807) is 0 Å². The fourth-order valence-corrected chi connectivity index (χ4v) is 4.38. The zero-order chi connectivity index (χ0) is 21.7. The molecule has 0 aromatic carbocycles. The largest absolute Gasteiger partial charge is 0.465 e. The second-order valence-electron chi connectivity index (χ2n) is 8.01. The van der Waals surface area contributed by atoms with Gasteiger partial charge in [-0.15, -0.1) is 5.10 Å². The number of aromatic nitrogens is 4. The lowest BCUT2D eigenvalue weighted by atomic mass is 9.44. The predicted molar refractivity (Wildman–Crippen MR) is 98.5 cm³/mol. The summed E-state index contributed by atoms with van der Waals surface area (Å²) in [7, 11) is 1.49. The van der Waals surface area contributed by atoms with Crippen LogP contribution in [0.2, 0.25) is 0 Å². The minimum absolute atomic E-state index is 0.0862. The summed E-state index contributed by atoms with van der Waals surface area (Å²) in [6.07, 6.45) is -2.71. The zero-order valence-electron chi connectivity index (χ0n) is 16.0. The standard InChI is InChI=1S/C18H19F3N6O3/c1-27-13(24-15(29)30)12(25-26-27)11-4-3-10(7-22-11)23-14(28)17(18(19,20)21)8-16(9-17)5-2-6-16/h3-4,7,24H,2,5-6,8-9H2,1H3,(H,23,28)(H,29,30). The molecule has 0 unspecified atom stereocenters. The van der Waals surface area contributed by atoms with Crippen molar-refractivity contribution in [2.45, 2.75) is 38.3 Å². The Morgan fingerprint density at radius 2 is 1.90 bits per heavy atom. The van der Waals surface area contributed by atoms with Crippen LogP contribution in [0.1, 0.15) is 32.1 Å². The number of amides is 2. The van der Waals surface area contributed by atoms with Crippen LogP contribution in [0, 0.1) is 10.8 Å². The third-order valence-corrected chi connectivity index (χ3v) is 6.06. The molecule has 0 aliphatic heterocycles. The molecule has 3 N–H and O–H groups in total. The van der Waals surface area contributed by atoms with Crippen molar-refractivity contribution in [1.82, 2.24) is 20.0 Å². The number of carbonyl (C=O) groups is 2. The van der Waals surface area contributed by atoms with Crippen molar-refractivity contribution >= 4 is 23.5 Å². The fourth-order valence-electron chi connectivity index (χ4n) is 4.38. The summed E-state index contributed by atoms with van der Waals surface area (Å²) in [6.45, 7) is 0. The minimum atomic E-state index is -4.62. The molecule has 1 spiro atoms. The fraction of sp³-hybridized carbons (Fsp3) is 0.500. The van der Waals surface area contributed by atoms with Crippen LogP contribution in [0.15, 0.2) is 18.3 Å². The minimum Gasteiger partial charge on any atom is -0.465 e. The Labute approximate surface area is 168 Å². The van der Waals surface area contributed by atoms with Gasteiger partial charge in [0.1, 0.15) is 5.41 Å². The summed E-state index contributed by atoms with van der Waals surface area (Å²) in [4.78, 5) is 27.6. The number of aryl methyl sites for hydroxylation is 1. The molecule has 2 aliphatic rings. The van der Waals surface area contributed by atoms with Gasteiger partial charge in [-0.25, -0.2) is 9.48 Å². The number of halogens is 3. The lowest BCUT2D eigenvalue weighted by Crippen LogP contribution is -2.62. The van der Waals surface area contributed by atoms with Crippen molar-refractivity contribution in [3.8, 4) is 11.4 Å². The van der Waals surface area contributed by atoms with Crippen LogP contribution in [0.5, 0.6) is 0 Å². The molecule has 4 rings (SSSR count). The molecule has 30 heavy (non-hydrogen) atoms. The maximum atomic E-state index is 13.7. The van der Waals surface area contributed by atoms with E-state index in [9.17, 15) is 22.8 Å². The Morgan fingerprint density at radius 1 is 1.20 bits per heavy atom. The summed E-state index contributed by atoms with van der Waals surface area (Å²) >= 11 is 0. The first-order valence-electron chi connectivity index (χ1n) is 9.30. The monoisotopic (exact) mass is 424 g/mol. The van der Waals surface area contributed by atoms with Gasteiger partial charge in [0.05, 0.1) is 17.6 Å². The highest BCUT2D eigenvalue weighted by atomic mass is 19.4. The molecule has 9 nitrogen and oxygen atoms in total. The van der Waals surface area contributed by atoms with Crippen molar-refractivity contribution in [3.63, 3.8) is 0 Å². The van der Waals surface area contributed by atoms with Gasteiger partial charge in [-0.3, -0.25) is 15.1 Å². The highest BCUT2D eigenvalue weighted by Crippen LogP contribution is 2.69. The highest BCUT2D eigenvalue weighted by molar-refractivity contribution is 5.97. The number of alkyl halides is 3. The van der Waals surface area contributed by atoms with Gasteiger partial charge in [-0.1, -0.05) is 11.6 Å². The number of carboxylic acid groups (broad SMARTS) is 1. The van der Waals surface area contributed by atoms with E-state index in [1.165, 1.54) is 30.1 Å². The van der Waals surface area contributed by atoms with Crippen LogP contribution in [0.25, 0.3) is 11.4 Å². The Morgan fingerprint density at radius 3 is 2.40 bits per heavy atom. The summed E-state index contributed by atoms with van der Waals surface area (Å²) in [5.74, 6) is -0.988. The van der Waals surface area contributed by atoms with E-state index in [0.29, 0.717) is 0 Å². The molecule has 2 aromatic heterocycles. The van der Waals surface area contributed by atoms with Crippen molar-refractivity contribution in [2.75, 3.05) is 10.6 Å². The van der Waals surface area contributed by atoms with Crippen molar-refractivity contribution in [1.29, 1.82) is 0 Å². The van der Waals surface area contributed by atoms with E-state index in [0.717, 1.165) is 19.3 Å². The Balaban J connectivity index is 1.51. The van der Waals surface area contributed by atoms with E-state index < -0.39 is 23.6 Å². The van der Waals surface area contributed by atoms with E-state index in [2.05, 4.69) is 25.9 Å². The number of hydrogen-bond acceptors (Lipinski definition) is 5. The van der Waals surface area contributed by atoms with Crippen LogP contribution in [-0.2, 0) is 11.8 Å². The Kier molecular flexibility index (Phi) is 4.47. The average molecular weight is 424 g/mol. The van der Waals surface area contributed by atoms with E-state index >= 15 is 0 Å². The van der Waals surface area contributed by atoms with Crippen LogP contribution in [0.4, 0.5) is 29.5 Å². The molecule has 0 atom stereocenters. The van der Waals surface area contributed by atoms with Gasteiger partial charge >= 0.3 is 12.3 Å². The van der Waals surface area contributed by atoms with E-state index in [4.69, 9.17) is 5.11 Å². The number of carbonyl (C=O) groups excluding carboxylic acids is 1. The zero-order valence-corrected chi connectivity index (χ0v) is 16.0. The van der Waals surface area contributed by atoms with Crippen LogP contribution >= 0.6 is 0 Å². The molecule has 0 radical (unpaired) electrons. The molecule has 2 aliphatic carbocycles. The Hall–Kier alpha value is -3.18. The number of pyridine rings is 1. The van der Waals surface area contributed by atoms with Gasteiger partial charge in [0.25, 0.3) is 0 Å². The number of nitrogens with zero attached hydrogens (tertiary/aromatic N) is 4. The van der Waals surface area contributed by atoms with Gasteiger partial charge in [-0.2, -0.15) is 13.2 Å². The normalized spacial score (nSPS) is 18.9. The van der Waals surface area contributed by atoms with Crippen molar-refractivity contribution in [3.05, 3.63) is 18.3 Å². The molecular formula is C18H19F3N6O3. The third kappa shape index (κ3) is 3.15. The van der Waals surface area contributed by atoms with Gasteiger partial charge in [0, 0.05) is 7.05 Å². The topological polar surface area (TPSA) is 122 Å². The molecule has 2 amide bonds. The average Bonchev–Trinajstić information content (AvgIpc) is 2.92. The second kappa shape index (κ2) is 6.67. The molecule has 2 saturated carbocycles. The summed E-state index contributed by atoms with van der Waals surface area (Å²) < 4.78 is 42.3. The molecule has 2 heterocycles. The predicted octanol–water partition coefficient (Wildman–Crippen LogP) is 3.42. The van der Waals surface area contributed by atoms with E-state index in [1.807, 2.05) is 0 Å². The molecule has 0 bridgehead atoms. The SMILES string of the molecule is Cn1nnc(-c2ccc(NC(=O)C3(C(F)(F)F)CC4(CCC4)C3)cn2)c1NC(=O)O. The van der Waals surface area contributed by atoms with Crippen molar-refractivity contribution in [2.24, 2.45) is 17.9 Å². The quantitative estimate of drug-likeness (QED) is 0.691.